The van der Waals surface area contributed by atoms with Crippen LogP contribution in [0.4, 0.5) is 11.4 Å². The van der Waals surface area contributed by atoms with Gasteiger partial charge in [-0.2, -0.15) is 5.26 Å². The number of ether oxygens (including phenoxy) is 2. The SMILES string of the molecule is N#CCOc1ccc(NS(=O)(=O)c2ccc3c(c2)N(CC(=O)O)C(=O)CO3)cc1. The Kier molecular flexibility index (Phi) is 5.56. The third kappa shape index (κ3) is 4.56. The van der Waals surface area contributed by atoms with Crippen LogP contribution < -0.4 is 19.1 Å². The van der Waals surface area contributed by atoms with Crippen molar-refractivity contribution in [2.24, 2.45) is 0 Å². The van der Waals surface area contributed by atoms with Gasteiger partial charge in [0.15, 0.2) is 13.2 Å². The molecular formula is C18H15N3O7S. The van der Waals surface area contributed by atoms with Crippen molar-refractivity contribution in [3.05, 3.63) is 42.5 Å². The van der Waals surface area contributed by atoms with E-state index in [4.69, 9.17) is 19.8 Å². The van der Waals surface area contributed by atoms with Gasteiger partial charge in [0.25, 0.3) is 15.9 Å². The number of nitrogens with one attached hydrogen (secondary N) is 1. The lowest BCUT2D eigenvalue weighted by Gasteiger charge is -2.28. The second-order valence-electron chi connectivity index (χ2n) is 5.87. The topological polar surface area (TPSA) is 146 Å². The van der Waals surface area contributed by atoms with E-state index in [2.05, 4.69) is 4.72 Å². The van der Waals surface area contributed by atoms with Crippen molar-refractivity contribution >= 4 is 33.3 Å². The second-order valence-corrected chi connectivity index (χ2v) is 7.55. The van der Waals surface area contributed by atoms with Gasteiger partial charge in [-0.3, -0.25) is 19.2 Å². The van der Waals surface area contributed by atoms with Crippen molar-refractivity contribution < 1.29 is 32.6 Å². The molecule has 0 fully saturated rings. The number of hydrogen-bond donors (Lipinski definition) is 2. The lowest BCUT2D eigenvalue weighted by Crippen LogP contribution is -2.42. The summed E-state index contributed by atoms with van der Waals surface area (Å²) < 4.78 is 38.1. The summed E-state index contributed by atoms with van der Waals surface area (Å²) in [6.45, 7) is -1.07. The summed E-state index contributed by atoms with van der Waals surface area (Å²) in [6, 6.07) is 11.6. The van der Waals surface area contributed by atoms with Gasteiger partial charge in [-0.05, 0) is 42.5 Å². The van der Waals surface area contributed by atoms with E-state index in [0.717, 1.165) is 4.90 Å². The van der Waals surface area contributed by atoms with E-state index < -0.39 is 28.4 Å². The molecule has 2 aromatic rings. The zero-order valence-corrected chi connectivity index (χ0v) is 15.7. The molecule has 0 saturated carbocycles. The van der Waals surface area contributed by atoms with Crippen LogP contribution in [0.5, 0.6) is 11.5 Å². The van der Waals surface area contributed by atoms with E-state index in [1.165, 1.54) is 42.5 Å². The number of carbonyl (C=O) groups excluding carboxylic acids is 1. The molecule has 0 unspecified atom stereocenters. The molecule has 0 radical (unpaired) electrons. The van der Waals surface area contributed by atoms with Crippen molar-refractivity contribution in [2.75, 3.05) is 29.4 Å². The molecule has 10 nitrogen and oxygen atoms in total. The van der Waals surface area contributed by atoms with Crippen LogP contribution >= 0.6 is 0 Å². The largest absolute Gasteiger partial charge is 0.482 e. The average Bonchev–Trinajstić information content (AvgIpc) is 2.69. The van der Waals surface area contributed by atoms with Crippen molar-refractivity contribution in [1.29, 1.82) is 5.26 Å². The number of aliphatic carboxylic acids is 1. The highest BCUT2D eigenvalue weighted by Gasteiger charge is 2.29. The number of fused-ring (bicyclic) bond motifs is 1. The van der Waals surface area contributed by atoms with Gasteiger partial charge >= 0.3 is 5.97 Å². The molecule has 150 valence electrons. The normalized spacial score (nSPS) is 13.1. The molecule has 1 aliphatic rings. The van der Waals surface area contributed by atoms with Gasteiger partial charge in [-0.15, -0.1) is 0 Å². The minimum Gasteiger partial charge on any atom is -0.482 e. The number of benzene rings is 2. The lowest BCUT2D eigenvalue weighted by molar-refractivity contribution is -0.137. The number of carboxylic acid groups (broad SMARTS) is 1. The molecule has 0 atom stereocenters. The predicted octanol–water partition coefficient (Wildman–Crippen LogP) is 1.20. The Morgan fingerprint density at radius 3 is 2.66 bits per heavy atom. The van der Waals surface area contributed by atoms with Gasteiger partial charge in [0.2, 0.25) is 0 Å². The molecule has 0 bridgehead atoms. The zero-order chi connectivity index (χ0) is 21.0. The van der Waals surface area contributed by atoms with Crippen LogP contribution in [-0.2, 0) is 19.6 Å². The van der Waals surface area contributed by atoms with Crippen LogP contribution in [0.2, 0.25) is 0 Å². The summed E-state index contributed by atoms with van der Waals surface area (Å²) in [5, 5.41) is 17.5. The Labute approximate surface area is 165 Å². The minimum absolute atomic E-state index is 0.0618. The standard InChI is InChI=1S/C18H15N3O7S/c19-7-8-27-13-3-1-12(2-4-13)20-29(25,26)14-5-6-16-15(9-14)21(10-18(23)24)17(22)11-28-16/h1-6,9,20H,8,10-11H2,(H,23,24). The molecule has 0 saturated heterocycles. The van der Waals surface area contributed by atoms with Crippen LogP contribution in [0.15, 0.2) is 47.4 Å². The molecule has 2 N–H and O–H groups in total. The number of hydrogen-bond acceptors (Lipinski definition) is 7. The number of amides is 1. The number of anilines is 2. The fourth-order valence-corrected chi connectivity index (χ4v) is 3.68. The Hall–Kier alpha value is -3.78. The van der Waals surface area contributed by atoms with E-state index >= 15 is 0 Å². The monoisotopic (exact) mass is 417 g/mol. The van der Waals surface area contributed by atoms with E-state index in [-0.39, 0.29) is 35.2 Å². The van der Waals surface area contributed by atoms with Crippen LogP contribution in [0.1, 0.15) is 0 Å². The van der Waals surface area contributed by atoms with Crippen molar-refractivity contribution in [3.63, 3.8) is 0 Å². The van der Waals surface area contributed by atoms with Crippen LogP contribution in [-0.4, -0.2) is 45.2 Å². The van der Waals surface area contributed by atoms with E-state index in [1.807, 2.05) is 6.07 Å². The quantitative estimate of drug-likeness (QED) is 0.683. The molecule has 1 aliphatic heterocycles. The Balaban J connectivity index is 1.86. The number of nitriles is 1. The van der Waals surface area contributed by atoms with Gasteiger partial charge in [-0.1, -0.05) is 0 Å². The third-order valence-electron chi connectivity index (χ3n) is 3.89. The summed E-state index contributed by atoms with van der Waals surface area (Å²) >= 11 is 0. The summed E-state index contributed by atoms with van der Waals surface area (Å²) in [7, 11) is -4.03. The predicted molar refractivity (Wildman–Crippen MR) is 100 cm³/mol. The number of sulfonamides is 1. The Morgan fingerprint density at radius 2 is 2.00 bits per heavy atom. The minimum atomic E-state index is -4.03. The zero-order valence-electron chi connectivity index (χ0n) is 14.9. The molecule has 2 aromatic carbocycles. The summed E-state index contributed by atoms with van der Waals surface area (Å²) in [5.41, 5.74) is 0.313. The summed E-state index contributed by atoms with van der Waals surface area (Å²) in [5.74, 6) is -1.21. The lowest BCUT2D eigenvalue weighted by atomic mass is 10.2. The Bertz CT molecular complexity index is 1090. The highest BCUT2D eigenvalue weighted by atomic mass is 32.2. The fraction of sp³-hybridized carbons (Fsp3) is 0.167. The average molecular weight is 417 g/mol. The van der Waals surface area contributed by atoms with Crippen molar-refractivity contribution in [1.82, 2.24) is 0 Å². The first-order valence-electron chi connectivity index (χ1n) is 8.22. The van der Waals surface area contributed by atoms with Gasteiger partial charge in [0.05, 0.1) is 10.6 Å². The van der Waals surface area contributed by atoms with Crippen molar-refractivity contribution in [3.8, 4) is 17.6 Å². The molecule has 11 heteroatoms. The van der Waals surface area contributed by atoms with Gasteiger partial charge in [0.1, 0.15) is 24.1 Å². The van der Waals surface area contributed by atoms with Crippen LogP contribution in [0.3, 0.4) is 0 Å². The van der Waals surface area contributed by atoms with E-state index in [1.54, 1.807) is 0 Å². The highest BCUT2D eigenvalue weighted by Crippen LogP contribution is 2.34. The van der Waals surface area contributed by atoms with Crippen LogP contribution in [0.25, 0.3) is 0 Å². The maximum Gasteiger partial charge on any atom is 0.323 e. The number of nitrogens with zero attached hydrogens (tertiary/aromatic N) is 2. The molecule has 1 heterocycles. The molecule has 29 heavy (non-hydrogen) atoms. The molecule has 3 rings (SSSR count). The fourth-order valence-electron chi connectivity index (χ4n) is 2.61. The molecule has 0 aliphatic carbocycles. The Morgan fingerprint density at radius 1 is 1.28 bits per heavy atom. The molecule has 1 amide bonds. The van der Waals surface area contributed by atoms with Crippen molar-refractivity contribution in [2.45, 2.75) is 4.90 Å². The number of carboxylic acids is 1. The molecule has 0 aromatic heterocycles. The van der Waals surface area contributed by atoms with Gasteiger partial charge in [0, 0.05) is 5.69 Å². The highest BCUT2D eigenvalue weighted by molar-refractivity contribution is 7.92. The van der Waals surface area contributed by atoms with E-state index in [9.17, 15) is 18.0 Å². The van der Waals surface area contributed by atoms with E-state index in [0.29, 0.717) is 5.75 Å². The maximum absolute atomic E-state index is 12.7. The first-order valence-corrected chi connectivity index (χ1v) is 9.70. The van der Waals surface area contributed by atoms with Gasteiger partial charge < -0.3 is 14.6 Å². The number of rotatable bonds is 7. The third-order valence-corrected chi connectivity index (χ3v) is 5.27. The molecular weight excluding hydrogens is 402 g/mol. The number of carbonyl (C=O) groups is 2. The maximum atomic E-state index is 12.7. The summed E-state index contributed by atoms with van der Waals surface area (Å²) in [4.78, 5) is 23.8. The van der Waals surface area contributed by atoms with Crippen LogP contribution in [0, 0.1) is 11.3 Å². The molecule has 0 spiro atoms. The first-order chi connectivity index (χ1) is 13.8. The summed E-state index contributed by atoms with van der Waals surface area (Å²) in [6.07, 6.45) is 0. The smallest absolute Gasteiger partial charge is 0.323 e. The second kappa shape index (κ2) is 8.07. The van der Waals surface area contributed by atoms with Gasteiger partial charge in [-0.25, -0.2) is 8.42 Å². The first kappa shape index (κ1) is 20.0.